The van der Waals surface area contributed by atoms with Crippen LogP contribution in [0.5, 0.6) is 11.5 Å². The fourth-order valence-electron chi connectivity index (χ4n) is 4.28. The zero-order valence-electron chi connectivity index (χ0n) is 14.6. The second kappa shape index (κ2) is 6.28. The summed E-state index contributed by atoms with van der Waals surface area (Å²) in [7, 11) is 3.33. The van der Waals surface area contributed by atoms with Crippen LogP contribution < -0.4 is 9.47 Å². The van der Waals surface area contributed by atoms with Crippen molar-refractivity contribution in [1.29, 1.82) is 0 Å². The molecule has 0 spiro atoms. The topological polar surface area (TPSA) is 42.0 Å². The van der Waals surface area contributed by atoms with Gasteiger partial charge in [-0.3, -0.25) is 9.69 Å². The molecule has 1 amide bonds. The lowest BCUT2D eigenvalue weighted by atomic mass is 9.98. The molecular weight excluding hydrogens is 304 g/mol. The van der Waals surface area contributed by atoms with Crippen LogP contribution in [-0.4, -0.2) is 55.6 Å². The highest BCUT2D eigenvalue weighted by molar-refractivity contribution is 5.79. The van der Waals surface area contributed by atoms with Crippen LogP contribution in [0, 0.1) is 5.92 Å². The summed E-state index contributed by atoms with van der Waals surface area (Å²) in [4.78, 5) is 17.1. The van der Waals surface area contributed by atoms with Crippen LogP contribution in [-0.2, 0) is 17.8 Å². The zero-order chi connectivity index (χ0) is 16.7. The first-order valence-electron chi connectivity index (χ1n) is 8.95. The van der Waals surface area contributed by atoms with Crippen molar-refractivity contribution in [2.24, 2.45) is 5.92 Å². The van der Waals surface area contributed by atoms with Gasteiger partial charge in [0, 0.05) is 25.7 Å². The molecule has 3 aliphatic rings. The lowest BCUT2D eigenvalue weighted by Crippen LogP contribution is -2.45. The highest BCUT2D eigenvalue weighted by Crippen LogP contribution is 2.43. The van der Waals surface area contributed by atoms with Crippen molar-refractivity contribution < 1.29 is 14.3 Å². The number of rotatable bonds is 4. The third kappa shape index (κ3) is 2.86. The summed E-state index contributed by atoms with van der Waals surface area (Å²) < 4.78 is 10.8. The van der Waals surface area contributed by atoms with Crippen LogP contribution in [0.15, 0.2) is 12.1 Å². The summed E-state index contributed by atoms with van der Waals surface area (Å²) in [6, 6.07) is 4.68. The van der Waals surface area contributed by atoms with Crippen LogP contribution in [0.25, 0.3) is 0 Å². The lowest BCUT2D eigenvalue weighted by molar-refractivity contribution is -0.134. The Kier molecular flexibility index (Phi) is 4.12. The molecule has 24 heavy (non-hydrogen) atoms. The Morgan fingerprint density at radius 3 is 2.67 bits per heavy atom. The van der Waals surface area contributed by atoms with E-state index in [0.717, 1.165) is 43.5 Å². The lowest BCUT2D eigenvalue weighted by Gasteiger charge is -2.32. The van der Waals surface area contributed by atoms with Crippen molar-refractivity contribution in [3.63, 3.8) is 0 Å². The monoisotopic (exact) mass is 330 g/mol. The van der Waals surface area contributed by atoms with E-state index in [0.29, 0.717) is 18.5 Å². The van der Waals surface area contributed by atoms with Gasteiger partial charge in [0.05, 0.1) is 20.8 Å². The summed E-state index contributed by atoms with van der Waals surface area (Å²) in [6.45, 7) is 3.23. The van der Waals surface area contributed by atoms with E-state index in [1.165, 1.54) is 30.4 Å². The van der Waals surface area contributed by atoms with E-state index in [2.05, 4.69) is 21.9 Å². The smallest absolute Gasteiger partial charge is 0.237 e. The number of hydrogen-bond acceptors (Lipinski definition) is 4. The van der Waals surface area contributed by atoms with E-state index < -0.39 is 0 Å². The number of nitrogens with zero attached hydrogens (tertiary/aromatic N) is 2. The van der Waals surface area contributed by atoms with Gasteiger partial charge >= 0.3 is 0 Å². The molecule has 2 fully saturated rings. The molecule has 1 saturated carbocycles. The van der Waals surface area contributed by atoms with Crippen molar-refractivity contribution in [2.75, 3.05) is 33.9 Å². The van der Waals surface area contributed by atoms with E-state index in [4.69, 9.17) is 9.47 Å². The van der Waals surface area contributed by atoms with Gasteiger partial charge in [0.25, 0.3) is 0 Å². The molecule has 1 aromatic rings. The number of likely N-dealkylation sites (tertiary alicyclic amines) is 1. The van der Waals surface area contributed by atoms with Crippen LogP contribution in [0.2, 0.25) is 0 Å². The number of hydrogen-bond donors (Lipinski definition) is 0. The summed E-state index contributed by atoms with van der Waals surface area (Å²) in [6.07, 6.45) is 4.67. The minimum atomic E-state index is 0.311. The average molecular weight is 330 g/mol. The van der Waals surface area contributed by atoms with Crippen LogP contribution in [0.1, 0.15) is 30.4 Å². The number of amides is 1. The predicted molar refractivity (Wildman–Crippen MR) is 91.4 cm³/mol. The molecule has 2 unspecified atom stereocenters. The van der Waals surface area contributed by atoms with E-state index >= 15 is 0 Å². The van der Waals surface area contributed by atoms with E-state index in [-0.39, 0.29) is 0 Å². The van der Waals surface area contributed by atoms with Crippen LogP contribution in [0.3, 0.4) is 0 Å². The van der Waals surface area contributed by atoms with Crippen molar-refractivity contribution in [3.8, 4) is 11.5 Å². The largest absolute Gasteiger partial charge is 0.493 e. The summed E-state index contributed by atoms with van der Waals surface area (Å²) >= 11 is 0. The molecule has 2 heterocycles. The van der Waals surface area contributed by atoms with Gasteiger partial charge in [0.2, 0.25) is 5.91 Å². The number of piperidine rings is 1. The number of carbonyl (C=O) groups excluding carboxylic acids is 1. The number of benzene rings is 1. The SMILES string of the molecule is COc1cc2c(cc1OC)CN(CC(=O)N1CCCC3CC31)CC2. The number of methoxy groups -OCH3 is 2. The van der Waals surface area contributed by atoms with Crippen molar-refractivity contribution in [2.45, 2.75) is 38.3 Å². The third-order valence-corrected chi connectivity index (χ3v) is 5.74. The third-order valence-electron chi connectivity index (χ3n) is 5.74. The van der Waals surface area contributed by atoms with Gasteiger partial charge in [0.15, 0.2) is 11.5 Å². The second-order valence-corrected chi connectivity index (χ2v) is 7.23. The molecule has 5 nitrogen and oxygen atoms in total. The maximum atomic E-state index is 12.7. The van der Waals surface area contributed by atoms with Crippen molar-refractivity contribution in [3.05, 3.63) is 23.3 Å². The first-order valence-corrected chi connectivity index (χ1v) is 8.95. The normalized spacial score (nSPS) is 25.7. The van der Waals surface area contributed by atoms with Gasteiger partial charge in [-0.15, -0.1) is 0 Å². The van der Waals surface area contributed by atoms with Gasteiger partial charge in [-0.2, -0.15) is 0 Å². The Morgan fingerprint density at radius 2 is 1.92 bits per heavy atom. The molecule has 2 atom stereocenters. The highest BCUT2D eigenvalue weighted by Gasteiger charge is 2.45. The average Bonchev–Trinajstić information content (AvgIpc) is 3.39. The number of carbonyl (C=O) groups is 1. The molecule has 1 saturated heterocycles. The van der Waals surface area contributed by atoms with E-state index in [1.54, 1.807) is 14.2 Å². The zero-order valence-corrected chi connectivity index (χ0v) is 14.6. The molecule has 1 aromatic carbocycles. The highest BCUT2D eigenvalue weighted by atomic mass is 16.5. The predicted octanol–water partition coefficient (Wildman–Crippen LogP) is 2.07. The Morgan fingerprint density at radius 1 is 1.17 bits per heavy atom. The van der Waals surface area contributed by atoms with E-state index in [9.17, 15) is 4.79 Å². The summed E-state index contributed by atoms with van der Waals surface area (Å²) in [5.41, 5.74) is 2.55. The Balaban J connectivity index is 1.43. The quantitative estimate of drug-likeness (QED) is 0.848. The Hall–Kier alpha value is -1.75. The van der Waals surface area contributed by atoms with E-state index in [1.807, 2.05) is 0 Å². The van der Waals surface area contributed by atoms with Crippen LogP contribution >= 0.6 is 0 Å². The Bertz CT molecular complexity index is 646. The molecule has 5 heteroatoms. The molecule has 0 radical (unpaired) electrons. The molecule has 4 rings (SSSR count). The second-order valence-electron chi connectivity index (χ2n) is 7.23. The van der Waals surface area contributed by atoms with Gasteiger partial charge in [-0.1, -0.05) is 0 Å². The van der Waals surface area contributed by atoms with Crippen LogP contribution in [0.4, 0.5) is 0 Å². The molecule has 2 aliphatic heterocycles. The summed E-state index contributed by atoms with van der Waals surface area (Å²) in [5.74, 6) is 2.66. The minimum absolute atomic E-state index is 0.311. The fraction of sp³-hybridized carbons (Fsp3) is 0.632. The molecule has 1 aliphatic carbocycles. The Labute approximate surface area is 143 Å². The van der Waals surface area contributed by atoms with Crippen molar-refractivity contribution in [1.82, 2.24) is 9.80 Å². The van der Waals surface area contributed by atoms with Gasteiger partial charge in [-0.25, -0.2) is 0 Å². The fourth-order valence-corrected chi connectivity index (χ4v) is 4.28. The maximum absolute atomic E-state index is 12.7. The first-order chi connectivity index (χ1) is 11.7. The van der Waals surface area contributed by atoms with Gasteiger partial charge in [0.1, 0.15) is 0 Å². The van der Waals surface area contributed by atoms with Gasteiger partial charge in [-0.05, 0) is 54.9 Å². The summed E-state index contributed by atoms with van der Waals surface area (Å²) in [5, 5.41) is 0. The molecule has 0 bridgehead atoms. The first kappa shape index (κ1) is 15.8. The minimum Gasteiger partial charge on any atom is -0.493 e. The number of ether oxygens (including phenoxy) is 2. The van der Waals surface area contributed by atoms with Crippen molar-refractivity contribution >= 4 is 5.91 Å². The molecule has 0 N–H and O–H groups in total. The molecular formula is C19H26N2O3. The maximum Gasteiger partial charge on any atom is 0.237 e. The van der Waals surface area contributed by atoms with Gasteiger partial charge < -0.3 is 14.4 Å². The number of fused-ring (bicyclic) bond motifs is 2. The molecule has 0 aromatic heterocycles. The molecule has 130 valence electrons. The standard InChI is InChI=1S/C19H26N2O3/c1-23-17-9-13-5-7-20(11-15(13)10-18(17)24-2)12-19(22)21-6-3-4-14-8-16(14)21/h9-10,14,16H,3-8,11-12H2,1-2H3.